The van der Waals surface area contributed by atoms with E-state index in [-0.39, 0.29) is 37.1 Å². The third kappa shape index (κ3) is 3.55. The number of rotatable bonds is 6. The minimum Gasteiger partial charge on any atom is -0.497 e. The number of carbonyl (C=O) groups is 1. The smallest absolute Gasteiger partial charge is 0.310 e. The van der Waals surface area contributed by atoms with Gasteiger partial charge in [0, 0.05) is 17.9 Å². The van der Waals surface area contributed by atoms with Crippen molar-refractivity contribution >= 4 is 17.1 Å². The maximum Gasteiger partial charge on any atom is 0.310 e. The number of fused-ring (bicyclic) bond motifs is 4. The van der Waals surface area contributed by atoms with Crippen LogP contribution in [0.5, 0.6) is 34.5 Å². The average molecular weight is 546 g/mol. The number of oxazole rings is 1. The van der Waals surface area contributed by atoms with Gasteiger partial charge in [-0.2, -0.15) is 0 Å². The van der Waals surface area contributed by atoms with Gasteiger partial charge in [-0.15, -0.1) is 0 Å². The Morgan fingerprint density at radius 2 is 1.50 bits per heavy atom. The molecule has 1 aliphatic carbocycles. The van der Waals surface area contributed by atoms with E-state index >= 15 is 0 Å². The molecule has 2 aliphatic heterocycles. The lowest BCUT2D eigenvalue weighted by Gasteiger charge is -2.38. The van der Waals surface area contributed by atoms with Crippen LogP contribution in [0.4, 0.5) is 0 Å². The number of aromatic nitrogens is 1. The molecule has 1 fully saturated rings. The van der Waals surface area contributed by atoms with E-state index in [2.05, 4.69) is 0 Å². The molecule has 4 atom stereocenters. The predicted molar refractivity (Wildman–Crippen MR) is 141 cm³/mol. The molecule has 40 heavy (non-hydrogen) atoms. The number of carbonyl (C=O) groups excluding carboxylic acids is 1. The van der Waals surface area contributed by atoms with E-state index in [0.717, 1.165) is 16.7 Å². The number of benzene rings is 3. The second-order valence-corrected chi connectivity index (χ2v) is 9.95. The quantitative estimate of drug-likeness (QED) is 0.318. The first-order chi connectivity index (χ1) is 19.5. The first-order valence-electron chi connectivity index (χ1n) is 12.9. The van der Waals surface area contributed by atoms with Crippen LogP contribution in [0.25, 0.3) is 11.1 Å². The number of hydrogen-bond donors (Lipinski definition) is 0. The Morgan fingerprint density at radius 1 is 0.800 bits per heavy atom. The van der Waals surface area contributed by atoms with Crippen LogP contribution < -0.4 is 28.4 Å². The van der Waals surface area contributed by atoms with Crippen LogP contribution in [0.2, 0.25) is 0 Å². The summed E-state index contributed by atoms with van der Waals surface area (Å²) in [5.41, 5.74) is 3.95. The lowest BCUT2D eigenvalue weighted by atomic mass is 9.62. The van der Waals surface area contributed by atoms with Gasteiger partial charge in [-0.25, -0.2) is 4.98 Å². The Bertz CT molecular complexity index is 1620. The van der Waals surface area contributed by atoms with Crippen LogP contribution in [0, 0.1) is 11.8 Å². The van der Waals surface area contributed by atoms with E-state index in [1.165, 1.54) is 0 Å². The lowest BCUT2D eigenvalue weighted by molar-refractivity contribution is -0.141. The first-order valence-corrected chi connectivity index (χ1v) is 12.9. The number of cyclic esters (lactones) is 1. The van der Waals surface area contributed by atoms with Crippen LogP contribution in [0.1, 0.15) is 34.4 Å². The molecule has 0 radical (unpaired) electrons. The monoisotopic (exact) mass is 545 g/mol. The summed E-state index contributed by atoms with van der Waals surface area (Å²) in [6.07, 6.45) is 0. The van der Waals surface area contributed by atoms with Crippen molar-refractivity contribution in [3.8, 4) is 34.5 Å². The highest BCUT2D eigenvalue weighted by Gasteiger charge is 2.54. The molecule has 4 aromatic rings. The van der Waals surface area contributed by atoms with Crippen LogP contribution in [-0.4, -0.2) is 52.8 Å². The van der Waals surface area contributed by atoms with Gasteiger partial charge in [-0.1, -0.05) is 0 Å². The fourth-order valence-corrected chi connectivity index (χ4v) is 6.34. The van der Waals surface area contributed by atoms with Crippen LogP contribution >= 0.6 is 0 Å². The topological polar surface area (TPSA) is 108 Å². The lowest BCUT2D eigenvalue weighted by Crippen LogP contribution is -2.35. The average Bonchev–Trinajstić information content (AvgIpc) is 3.71. The zero-order valence-corrected chi connectivity index (χ0v) is 22.4. The molecule has 3 aromatic carbocycles. The Hall–Kier alpha value is -4.60. The summed E-state index contributed by atoms with van der Waals surface area (Å²) < 4.78 is 45.8. The van der Waals surface area contributed by atoms with Gasteiger partial charge < -0.3 is 37.6 Å². The summed E-state index contributed by atoms with van der Waals surface area (Å²) in [6, 6.07) is 13.2. The van der Waals surface area contributed by atoms with Crippen molar-refractivity contribution in [3.05, 3.63) is 65.0 Å². The number of methoxy groups -OCH3 is 4. The molecule has 0 unspecified atom stereocenters. The van der Waals surface area contributed by atoms with E-state index in [0.29, 0.717) is 51.5 Å². The van der Waals surface area contributed by atoms with Gasteiger partial charge in [0.1, 0.15) is 11.3 Å². The van der Waals surface area contributed by atoms with E-state index < -0.39 is 5.92 Å². The first kappa shape index (κ1) is 24.4. The Labute approximate surface area is 229 Å². The van der Waals surface area contributed by atoms with Gasteiger partial charge in [0.05, 0.1) is 46.9 Å². The van der Waals surface area contributed by atoms with Crippen molar-refractivity contribution < 1.29 is 42.4 Å². The summed E-state index contributed by atoms with van der Waals surface area (Å²) in [5, 5.41) is 0. The zero-order chi connectivity index (χ0) is 27.5. The van der Waals surface area contributed by atoms with Crippen LogP contribution in [0.15, 0.2) is 46.9 Å². The van der Waals surface area contributed by atoms with E-state index in [1.807, 2.05) is 42.5 Å². The summed E-state index contributed by atoms with van der Waals surface area (Å²) in [5.74, 6) is 2.07. The van der Waals surface area contributed by atoms with Crippen molar-refractivity contribution in [3.63, 3.8) is 0 Å². The normalized spacial score (nSPS) is 22.4. The van der Waals surface area contributed by atoms with Gasteiger partial charge in [0.25, 0.3) is 0 Å². The second-order valence-electron chi connectivity index (χ2n) is 9.95. The number of hydrogen-bond acceptors (Lipinski definition) is 10. The number of ether oxygens (including phenoxy) is 7. The zero-order valence-electron chi connectivity index (χ0n) is 22.4. The molecular weight excluding hydrogens is 518 g/mol. The van der Waals surface area contributed by atoms with Crippen molar-refractivity contribution in [2.75, 3.05) is 41.8 Å². The highest BCUT2D eigenvalue weighted by molar-refractivity contribution is 5.80. The molecule has 10 heteroatoms. The van der Waals surface area contributed by atoms with Crippen molar-refractivity contribution in [1.29, 1.82) is 0 Å². The number of nitrogens with zero attached hydrogens (tertiary/aromatic N) is 1. The van der Waals surface area contributed by atoms with E-state index in [4.69, 9.17) is 42.6 Å². The predicted octanol–water partition coefficient (Wildman–Crippen LogP) is 4.66. The Kier molecular flexibility index (Phi) is 5.65. The Morgan fingerprint density at radius 3 is 2.15 bits per heavy atom. The van der Waals surface area contributed by atoms with Gasteiger partial charge in [0.2, 0.25) is 18.4 Å². The summed E-state index contributed by atoms with van der Waals surface area (Å²) >= 11 is 0. The highest BCUT2D eigenvalue weighted by Crippen LogP contribution is 2.57. The summed E-state index contributed by atoms with van der Waals surface area (Å²) in [7, 11) is 6.30. The third-order valence-corrected chi connectivity index (χ3v) is 8.11. The van der Waals surface area contributed by atoms with Crippen molar-refractivity contribution in [2.24, 2.45) is 11.8 Å². The van der Waals surface area contributed by atoms with Gasteiger partial charge >= 0.3 is 5.97 Å². The highest BCUT2D eigenvalue weighted by atomic mass is 16.7. The molecule has 0 bridgehead atoms. The van der Waals surface area contributed by atoms with E-state index in [9.17, 15) is 4.79 Å². The molecular formula is C30H27NO9. The number of esters is 1. The van der Waals surface area contributed by atoms with Crippen LogP contribution in [-0.2, 0) is 9.53 Å². The molecule has 7 rings (SSSR count). The van der Waals surface area contributed by atoms with Gasteiger partial charge in [0.15, 0.2) is 28.6 Å². The minimum absolute atomic E-state index is 0.120. The largest absolute Gasteiger partial charge is 0.497 e. The standard InChI is InChI=1S/C30H27NO9/c1-33-15-5-6-19-20(9-15)40-29(31-19)26-17-11-22-21(38-13-39-22)10-16(17)25(27-18(26)12-37-30(27)32)14-7-23(34-2)28(36-4)24(8-14)35-3/h5-11,18,25-27H,12-13H2,1-4H3/t18-,25-,26-,27+/m1/s1. The Balaban J connectivity index is 1.46. The minimum atomic E-state index is -0.523. The third-order valence-electron chi connectivity index (χ3n) is 8.11. The maximum absolute atomic E-state index is 13.5. The molecule has 0 amide bonds. The molecule has 1 aromatic heterocycles. The van der Waals surface area contributed by atoms with Crippen molar-refractivity contribution in [2.45, 2.75) is 11.8 Å². The molecule has 1 saturated heterocycles. The molecule has 3 aliphatic rings. The molecule has 0 saturated carbocycles. The SMILES string of the molecule is COc1ccc2nc([C@@H]3c4cc5c(cc4[C@@H](c4cc(OC)c(OC)c(OC)c4)[C@H]4C(=O)OC[C@H]34)OCO5)oc2c1. The summed E-state index contributed by atoms with van der Waals surface area (Å²) in [4.78, 5) is 18.3. The maximum atomic E-state index is 13.5. The fraction of sp³-hybridized carbons (Fsp3) is 0.333. The second kappa shape index (κ2) is 9.25. The van der Waals surface area contributed by atoms with Crippen molar-refractivity contribution in [1.82, 2.24) is 4.98 Å². The molecule has 0 spiro atoms. The molecule has 206 valence electrons. The van der Waals surface area contributed by atoms with Gasteiger partial charge in [-0.05, 0) is 53.1 Å². The van der Waals surface area contributed by atoms with E-state index in [1.54, 1.807) is 28.4 Å². The van der Waals surface area contributed by atoms with Crippen LogP contribution in [0.3, 0.4) is 0 Å². The fourth-order valence-electron chi connectivity index (χ4n) is 6.34. The molecule has 3 heterocycles. The van der Waals surface area contributed by atoms with Gasteiger partial charge in [-0.3, -0.25) is 4.79 Å². The summed E-state index contributed by atoms with van der Waals surface area (Å²) in [6.45, 7) is 0.348. The molecule has 10 nitrogen and oxygen atoms in total. The molecule has 0 N–H and O–H groups in total.